The number of hydrogen-bond donors (Lipinski definition) is 3. The largest absolute Gasteiger partial charge is 0.480 e. The highest BCUT2D eigenvalue weighted by Gasteiger charge is 2.28. The third-order valence-electron chi connectivity index (χ3n) is 2.19. The van der Waals surface area contributed by atoms with Gasteiger partial charge in [-0.25, -0.2) is 8.42 Å². The average Bonchev–Trinajstić information content (AvgIpc) is 2.64. The lowest BCUT2D eigenvalue weighted by Crippen LogP contribution is -2.41. The van der Waals surface area contributed by atoms with Gasteiger partial charge in [0.2, 0.25) is 15.9 Å². The van der Waals surface area contributed by atoms with Crippen molar-refractivity contribution in [1.82, 2.24) is 4.72 Å². The van der Waals surface area contributed by atoms with Crippen LogP contribution >= 0.6 is 43.2 Å². The summed E-state index contributed by atoms with van der Waals surface area (Å²) in [4.78, 5) is 21.6. The number of nitrogens with one attached hydrogen (secondary N) is 1. The van der Waals surface area contributed by atoms with Crippen molar-refractivity contribution in [2.24, 2.45) is 5.73 Å². The van der Waals surface area contributed by atoms with Crippen LogP contribution in [0.15, 0.2) is 18.5 Å². The van der Waals surface area contributed by atoms with E-state index in [2.05, 4.69) is 31.9 Å². The van der Waals surface area contributed by atoms with E-state index in [-0.39, 0.29) is 17.7 Å². The number of carboxylic acid groups (broad SMARTS) is 1. The van der Waals surface area contributed by atoms with Gasteiger partial charge in [0.25, 0.3) is 0 Å². The van der Waals surface area contributed by atoms with E-state index < -0.39 is 27.9 Å². The third kappa shape index (κ3) is 4.81. The van der Waals surface area contributed by atoms with Gasteiger partial charge in [-0.3, -0.25) is 9.59 Å². The molecule has 1 heterocycles. The predicted octanol–water partition coefficient (Wildman–Crippen LogP) is 1.27. The first-order valence-electron chi connectivity index (χ1n) is 5.11. The Hall–Kier alpha value is -0.490. The quantitative estimate of drug-likeness (QED) is 0.577. The van der Waals surface area contributed by atoms with E-state index >= 15 is 0 Å². The fraction of sp³-hybridized carbons (Fsp3) is 0.333. The van der Waals surface area contributed by atoms with Crippen molar-refractivity contribution in [2.45, 2.75) is 23.8 Å². The SMILES string of the molecule is NC(=O)CCC(NS(=O)(=O)c1cc(Br)sc1Br)C(=O)O. The topological polar surface area (TPSA) is 127 Å². The van der Waals surface area contributed by atoms with Crippen LogP contribution in [-0.2, 0) is 19.6 Å². The summed E-state index contributed by atoms with van der Waals surface area (Å²) in [6.07, 6.45) is -0.444. The smallest absolute Gasteiger partial charge is 0.321 e. The monoisotopic (exact) mass is 448 g/mol. The molecule has 0 saturated heterocycles. The van der Waals surface area contributed by atoms with Crippen molar-refractivity contribution < 1.29 is 23.1 Å². The van der Waals surface area contributed by atoms with Crippen molar-refractivity contribution in [2.75, 3.05) is 0 Å². The minimum absolute atomic E-state index is 0.0697. The molecule has 112 valence electrons. The normalized spacial score (nSPS) is 13.1. The summed E-state index contributed by atoms with van der Waals surface area (Å²) in [6.45, 7) is 0. The van der Waals surface area contributed by atoms with E-state index in [1.54, 1.807) is 0 Å². The first kappa shape index (κ1) is 17.6. The predicted molar refractivity (Wildman–Crippen MR) is 79.9 cm³/mol. The summed E-state index contributed by atoms with van der Waals surface area (Å²) in [6, 6.07) is -0.0672. The number of sulfonamides is 1. The van der Waals surface area contributed by atoms with Crippen molar-refractivity contribution >= 4 is 65.1 Å². The number of nitrogens with two attached hydrogens (primary N) is 1. The number of carbonyl (C=O) groups excluding carboxylic acids is 1. The van der Waals surface area contributed by atoms with Gasteiger partial charge in [0.1, 0.15) is 10.9 Å². The number of primary amides is 1. The minimum Gasteiger partial charge on any atom is -0.480 e. The lowest BCUT2D eigenvalue weighted by molar-refractivity contribution is -0.139. The first-order chi connectivity index (χ1) is 9.13. The number of carbonyl (C=O) groups is 2. The maximum absolute atomic E-state index is 12.1. The summed E-state index contributed by atoms with van der Waals surface area (Å²) in [5, 5.41) is 8.97. The Morgan fingerprint density at radius 3 is 2.45 bits per heavy atom. The van der Waals surface area contributed by atoms with Gasteiger partial charge in [-0.15, -0.1) is 11.3 Å². The van der Waals surface area contributed by atoms with Crippen LogP contribution in [0.25, 0.3) is 0 Å². The average molecular weight is 450 g/mol. The number of aliphatic carboxylic acids is 1. The van der Waals surface area contributed by atoms with Crippen molar-refractivity contribution in [3.8, 4) is 0 Å². The molecule has 7 nitrogen and oxygen atoms in total. The number of halogens is 2. The Morgan fingerprint density at radius 1 is 1.45 bits per heavy atom. The minimum atomic E-state index is -4.01. The highest BCUT2D eigenvalue weighted by Crippen LogP contribution is 2.34. The molecule has 0 aliphatic rings. The maximum atomic E-state index is 12.1. The van der Waals surface area contributed by atoms with E-state index in [9.17, 15) is 18.0 Å². The number of hydrogen-bond acceptors (Lipinski definition) is 5. The van der Waals surface area contributed by atoms with E-state index in [0.717, 1.165) is 11.3 Å². The molecule has 1 aromatic heterocycles. The fourth-order valence-electron chi connectivity index (χ4n) is 1.28. The summed E-state index contributed by atoms with van der Waals surface area (Å²) < 4.78 is 27.1. The molecule has 0 aromatic carbocycles. The fourth-order valence-corrected chi connectivity index (χ4v) is 6.31. The molecule has 0 aliphatic carbocycles. The van der Waals surface area contributed by atoms with Crippen molar-refractivity contribution in [3.05, 3.63) is 13.6 Å². The molecule has 11 heteroatoms. The summed E-state index contributed by atoms with van der Waals surface area (Å²) in [5.74, 6) is -2.07. The van der Waals surface area contributed by atoms with Gasteiger partial charge in [0.05, 0.1) is 7.57 Å². The van der Waals surface area contributed by atoms with Gasteiger partial charge in [-0.1, -0.05) is 0 Å². The molecule has 1 unspecified atom stereocenters. The molecule has 0 aliphatic heterocycles. The lowest BCUT2D eigenvalue weighted by Gasteiger charge is -2.13. The van der Waals surface area contributed by atoms with Gasteiger partial charge in [-0.05, 0) is 44.3 Å². The van der Waals surface area contributed by atoms with Crippen LogP contribution in [0.2, 0.25) is 0 Å². The van der Waals surface area contributed by atoms with E-state index in [4.69, 9.17) is 10.8 Å². The molecule has 1 aromatic rings. The molecule has 0 bridgehead atoms. The zero-order valence-electron chi connectivity index (χ0n) is 9.80. The Labute approximate surface area is 135 Å². The number of rotatable bonds is 7. The van der Waals surface area contributed by atoms with Gasteiger partial charge in [0.15, 0.2) is 0 Å². The molecular formula is C9H10Br2N2O5S2. The standard InChI is InChI=1S/C9H10Br2N2O5S2/c10-6-3-5(8(11)19-6)20(17,18)13-4(9(15)16)1-2-7(12)14/h3-4,13H,1-2H2,(H2,12,14)(H,15,16). The molecule has 20 heavy (non-hydrogen) atoms. The van der Waals surface area contributed by atoms with Crippen molar-refractivity contribution in [1.29, 1.82) is 0 Å². The van der Waals surface area contributed by atoms with Crippen LogP contribution < -0.4 is 10.5 Å². The highest BCUT2D eigenvalue weighted by molar-refractivity contribution is 9.12. The summed E-state index contributed by atoms with van der Waals surface area (Å²) >= 11 is 7.37. The van der Waals surface area contributed by atoms with Crippen LogP contribution in [0.1, 0.15) is 12.8 Å². The number of thiophene rings is 1. The van der Waals surface area contributed by atoms with Crippen LogP contribution in [-0.4, -0.2) is 31.4 Å². The van der Waals surface area contributed by atoms with Crippen LogP contribution in [0, 0.1) is 0 Å². The number of amides is 1. The molecule has 0 radical (unpaired) electrons. The zero-order chi connectivity index (χ0) is 15.5. The maximum Gasteiger partial charge on any atom is 0.321 e. The van der Waals surface area contributed by atoms with E-state index in [0.29, 0.717) is 7.57 Å². The molecule has 1 atom stereocenters. The Balaban J connectivity index is 2.94. The second-order valence-corrected chi connectivity index (χ2v) is 9.14. The Kier molecular flexibility index (Phi) is 6.13. The molecule has 0 fully saturated rings. The molecule has 1 amide bonds. The van der Waals surface area contributed by atoms with Crippen LogP contribution in [0.5, 0.6) is 0 Å². The second kappa shape index (κ2) is 6.98. The summed E-state index contributed by atoms with van der Waals surface area (Å²) in [7, 11) is -4.01. The Morgan fingerprint density at radius 2 is 2.05 bits per heavy atom. The zero-order valence-corrected chi connectivity index (χ0v) is 14.6. The molecular weight excluding hydrogens is 440 g/mol. The molecule has 0 saturated carbocycles. The van der Waals surface area contributed by atoms with Crippen molar-refractivity contribution in [3.63, 3.8) is 0 Å². The van der Waals surface area contributed by atoms with Crippen LogP contribution in [0.4, 0.5) is 0 Å². The van der Waals surface area contributed by atoms with E-state index in [1.807, 2.05) is 4.72 Å². The van der Waals surface area contributed by atoms with E-state index in [1.165, 1.54) is 6.07 Å². The van der Waals surface area contributed by atoms with Gasteiger partial charge in [0, 0.05) is 6.42 Å². The van der Waals surface area contributed by atoms with Gasteiger partial charge >= 0.3 is 5.97 Å². The lowest BCUT2D eigenvalue weighted by atomic mass is 10.2. The van der Waals surface area contributed by atoms with Crippen LogP contribution in [0.3, 0.4) is 0 Å². The first-order valence-corrected chi connectivity index (χ1v) is 9.00. The Bertz CT molecular complexity index is 628. The molecule has 0 spiro atoms. The second-order valence-electron chi connectivity index (χ2n) is 3.71. The van der Waals surface area contributed by atoms with Gasteiger partial charge < -0.3 is 10.8 Å². The molecule has 1 rings (SSSR count). The van der Waals surface area contributed by atoms with Gasteiger partial charge in [-0.2, -0.15) is 4.72 Å². The molecule has 4 N–H and O–H groups in total. The summed E-state index contributed by atoms with van der Waals surface area (Å²) in [5.41, 5.74) is 4.92. The highest BCUT2D eigenvalue weighted by atomic mass is 79.9. The third-order valence-corrected chi connectivity index (χ3v) is 6.42. The number of carboxylic acids is 1.